The average molecular weight is 362 g/mol. The quantitative estimate of drug-likeness (QED) is 0.379. The Morgan fingerprint density at radius 3 is 2.46 bits per heavy atom. The third-order valence-electron chi connectivity index (χ3n) is 4.01. The lowest BCUT2D eigenvalue weighted by atomic mass is 10.2. The van der Waals surface area contributed by atoms with Crippen LogP contribution in [0.3, 0.4) is 0 Å². The van der Waals surface area contributed by atoms with Gasteiger partial charge in [-0.1, -0.05) is 51.3 Å². The third-order valence-corrected chi connectivity index (χ3v) is 4.01. The molecule has 3 N–H and O–H groups in total. The summed E-state index contributed by atoms with van der Waals surface area (Å²) >= 11 is 0. The first-order chi connectivity index (χ1) is 12.5. The zero-order valence-corrected chi connectivity index (χ0v) is 16.0. The molecule has 0 aliphatic heterocycles. The SMILES string of the molecule is C/C=C/C=C/C(=O)N(CCCCC)c1c(N)n(CCCC)c(=O)[nH]c1=O. The van der Waals surface area contributed by atoms with E-state index >= 15 is 0 Å². The Morgan fingerprint density at radius 1 is 1.15 bits per heavy atom. The molecule has 26 heavy (non-hydrogen) atoms. The highest BCUT2D eigenvalue weighted by Crippen LogP contribution is 2.18. The van der Waals surface area contributed by atoms with Crippen LogP contribution < -0.4 is 21.9 Å². The lowest BCUT2D eigenvalue weighted by Gasteiger charge is -2.23. The van der Waals surface area contributed by atoms with E-state index in [1.165, 1.54) is 15.5 Å². The Morgan fingerprint density at radius 2 is 1.85 bits per heavy atom. The first-order valence-corrected chi connectivity index (χ1v) is 9.21. The van der Waals surface area contributed by atoms with Crippen LogP contribution in [0.1, 0.15) is 52.9 Å². The number of hydrogen-bond acceptors (Lipinski definition) is 4. The zero-order valence-electron chi connectivity index (χ0n) is 16.0. The summed E-state index contributed by atoms with van der Waals surface area (Å²) < 4.78 is 1.33. The number of nitrogen functional groups attached to an aromatic ring is 1. The van der Waals surface area contributed by atoms with Crippen molar-refractivity contribution >= 4 is 17.4 Å². The smallest absolute Gasteiger partial charge is 0.330 e. The molecule has 0 bridgehead atoms. The number of nitrogens with one attached hydrogen (secondary N) is 1. The van der Waals surface area contributed by atoms with Crippen LogP contribution in [0.4, 0.5) is 11.5 Å². The normalized spacial score (nSPS) is 11.5. The van der Waals surface area contributed by atoms with Crippen LogP contribution in [0, 0.1) is 0 Å². The highest BCUT2D eigenvalue weighted by Gasteiger charge is 2.22. The molecule has 1 amide bonds. The Balaban J connectivity index is 3.36. The minimum Gasteiger partial charge on any atom is -0.383 e. The average Bonchev–Trinajstić information content (AvgIpc) is 2.60. The summed E-state index contributed by atoms with van der Waals surface area (Å²) in [6.45, 7) is 6.67. The summed E-state index contributed by atoms with van der Waals surface area (Å²) in [7, 11) is 0. The van der Waals surface area contributed by atoms with Crippen molar-refractivity contribution in [2.45, 2.75) is 59.4 Å². The van der Waals surface area contributed by atoms with Crippen molar-refractivity contribution < 1.29 is 4.79 Å². The van der Waals surface area contributed by atoms with Crippen LogP contribution in [-0.2, 0) is 11.3 Å². The van der Waals surface area contributed by atoms with Crippen molar-refractivity contribution in [3.8, 4) is 0 Å². The molecule has 7 nitrogen and oxygen atoms in total. The van der Waals surface area contributed by atoms with Crippen LogP contribution in [0.2, 0.25) is 0 Å². The summed E-state index contributed by atoms with van der Waals surface area (Å²) in [4.78, 5) is 40.8. The maximum atomic E-state index is 12.6. The second kappa shape index (κ2) is 11.1. The molecule has 0 unspecified atom stereocenters. The second-order valence-electron chi connectivity index (χ2n) is 6.08. The van der Waals surface area contributed by atoms with Crippen LogP contribution in [0.25, 0.3) is 0 Å². The number of nitrogens with two attached hydrogens (primary N) is 1. The molecule has 0 aliphatic carbocycles. The van der Waals surface area contributed by atoms with Crippen LogP contribution in [0.5, 0.6) is 0 Å². The summed E-state index contributed by atoms with van der Waals surface area (Å²) in [6.07, 6.45) is 10.8. The third kappa shape index (κ3) is 5.75. The van der Waals surface area contributed by atoms with E-state index in [-0.39, 0.29) is 17.4 Å². The molecule has 0 saturated heterocycles. The van der Waals surface area contributed by atoms with Gasteiger partial charge >= 0.3 is 5.69 Å². The number of aromatic amines is 1. The van der Waals surface area contributed by atoms with Gasteiger partial charge in [-0.15, -0.1) is 0 Å². The van der Waals surface area contributed by atoms with Gasteiger partial charge in [-0.3, -0.25) is 19.1 Å². The van der Waals surface area contributed by atoms with E-state index in [0.29, 0.717) is 13.1 Å². The molecular formula is C19H30N4O3. The maximum absolute atomic E-state index is 12.6. The lowest BCUT2D eigenvalue weighted by molar-refractivity contribution is -0.114. The predicted molar refractivity (Wildman–Crippen MR) is 106 cm³/mol. The number of hydrogen-bond donors (Lipinski definition) is 2. The van der Waals surface area contributed by atoms with Crippen molar-refractivity contribution in [2.24, 2.45) is 0 Å². The summed E-state index contributed by atoms with van der Waals surface area (Å²) in [5.74, 6) is -0.298. The van der Waals surface area contributed by atoms with E-state index in [9.17, 15) is 14.4 Å². The molecule has 1 heterocycles. The van der Waals surface area contributed by atoms with Gasteiger partial charge in [0.05, 0.1) is 0 Å². The van der Waals surface area contributed by atoms with E-state index in [1.54, 1.807) is 18.2 Å². The first kappa shape index (κ1) is 21.5. The summed E-state index contributed by atoms with van der Waals surface area (Å²) in [6, 6.07) is 0. The molecule has 7 heteroatoms. The minimum atomic E-state index is -0.635. The number of anilines is 2. The fourth-order valence-electron chi connectivity index (χ4n) is 2.57. The molecule has 0 spiro atoms. The first-order valence-electron chi connectivity index (χ1n) is 9.21. The van der Waals surface area contributed by atoms with Gasteiger partial charge in [0.25, 0.3) is 11.5 Å². The zero-order chi connectivity index (χ0) is 19.5. The molecule has 0 aromatic carbocycles. The van der Waals surface area contributed by atoms with Gasteiger partial charge in [0, 0.05) is 19.2 Å². The van der Waals surface area contributed by atoms with E-state index in [2.05, 4.69) is 11.9 Å². The van der Waals surface area contributed by atoms with E-state index in [0.717, 1.165) is 32.1 Å². The Labute approximate surface area is 154 Å². The highest BCUT2D eigenvalue weighted by atomic mass is 16.2. The topological polar surface area (TPSA) is 101 Å². The number of aromatic nitrogens is 2. The molecule has 1 aromatic heterocycles. The molecule has 0 radical (unpaired) electrons. The molecule has 0 fully saturated rings. The second-order valence-corrected chi connectivity index (χ2v) is 6.08. The lowest BCUT2D eigenvalue weighted by Crippen LogP contribution is -2.41. The van der Waals surface area contributed by atoms with Gasteiger partial charge in [-0.2, -0.15) is 0 Å². The summed E-state index contributed by atoms with van der Waals surface area (Å²) in [5.41, 5.74) is 5.00. The number of allylic oxidation sites excluding steroid dienone is 3. The summed E-state index contributed by atoms with van der Waals surface area (Å²) in [5, 5.41) is 0. The Bertz CT molecular complexity index is 759. The van der Waals surface area contributed by atoms with Gasteiger partial charge in [0.1, 0.15) is 5.82 Å². The van der Waals surface area contributed by atoms with E-state index in [1.807, 2.05) is 13.8 Å². The van der Waals surface area contributed by atoms with Crippen LogP contribution in [0.15, 0.2) is 33.9 Å². The predicted octanol–water partition coefficient (Wildman–Crippen LogP) is 2.57. The number of H-pyrrole nitrogens is 1. The molecule has 0 saturated carbocycles. The van der Waals surface area contributed by atoms with E-state index < -0.39 is 11.2 Å². The number of unbranched alkanes of at least 4 members (excludes halogenated alkanes) is 3. The molecule has 1 rings (SSSR count). The Kier molecular flexibility index (Phi) is 9.19. The highest BCUT2D eigenvalue weighted by molar-refractivity contribution is 6.03. The number of amides is 1. The van der Waals surface area contributed by atoms with Crippen molar-refractivity contribution in [3.05, 3.63) is 45.1 Å². The van der Waals surface area contributed by atoms with Gasteiger partial charge in [0.2, 0.25) is 0 Å². The van der Waals surface area contributed by atoms with Gasteiger partial charge < -0.3 is 10.6 Å². The minimum absolute atomic E-state index is 0.0384. The Hall–Kier alpha value is -2.57. The number of rotatable bonds is 10. The number of carbonyl (C=O) groups is 1. The maximum Gasteiger partial charge on any atom is 0.330 e. The molecular weight excluding hydrogens is 332 g/mol. The van der Waals surface area contributed by atoms with Crippen molar-refractivity contribution in [1.29, 1.82) is 0 Å². The van der Waals surface area contributed by atoms with Crippen molar-refractivity contribution in [3.63, 3.8) is 0 Å². The molecule has 0 atom stereocenters. The molecule has 144 valence electrons. The fraction of sp³-hybridized carbons (Fsp3) is 0.526. The van der Waals surface area contributed by atoms with Crippen LogP contribution in [-0.4, -0.2) is 22.0 Å². The standard InChI is InChI=1S/C19H30N4O3/c1-4-7-10-12-15(24)22(14-11-8-5-2)16-17(20)23(13-9-6-3)19(26)21-18(16)25/h4,7,10,12H,5-6,8-9,11,13-14,20H2,1-3H3,(H,21,25,26)/b7-4+,12-10+. The molecule has 0 aliphatic rings. The van der Waals surface area contributed by atoms with Crippen molar-refractivity contribution in [2.75, 3.05) is 17.2 Å². The van der Waals surface area contributed by atoms with Crippen LogP contribution >= 0.6 is 0 Å². The largest absolute Gasteiger partial charge is 0.383 e. The van der Waals surface area contributed by atoms with Crippen molar-refractivity contribution in [1.82, 2.24) is 9.55 Å². The van der Waals surface area contributed by atoms with Gasteiger partial charge in [0.15, 0.2) is 5.69 Å². The number of nitrogens with zero attached hydrogens (tertiary/aromatic N) is 2. The van der Waals surface area contributed by atoms with Gasteiger partial charge in [-0.25, -0.2) is 4.79 Å². The number of carbonyl (C=O) groups excluding carboxylic acids is 1. The monoisotopic (exact) mass is 362 g/mol. The molecule has 1 aromatic rings. The van der Waals surface area contributed by atoms with E-state index in [4.69, 9.17) is 5.73 Å². The fourth-order valence-corrected chi connectivity index (χ4v) is 2.57. The van der Waals surface area contributed by atoms with Gasteiger partial charge in [-0.05, 0) is 19.8 Å².